The van der Waals surface area contributed by atoms with Crippen molar-refractivity contribution in [3.05, 3.63) is 58.9 Å². The van der Waals surface area contributed by atoms with Crippen molar-refractivity contribution in [1.29, 1.82) is 0 Å². The zero-order chi connectivity index (χ0) is 14.3. The Hall–Kier alpha value is -2.36. The number of benzene rings is 2. The van der Waals surface area contributed by atoms with E-state index in [-0.39, 0.29) is 5.82 Å². The van der Waals surface area contributed by atoms with Crippen LogP contribution >= 0.6 is 0 Å². The average molecular weight is 269 g/mol. The monoisotopic (exact) mass is 269 g/mol. The van der Waals surface area contributed by atoms with E-state index in [1.165, 1.54) is 17.2 Å². The minimum absolute atomic E-state index is 0.224. The summed E-state index contributed by atoms with van der Waals surface area (Å²) < 4.78 is 15.6. The molecule has 0 saturated carbocycles. The molecule has 0 bridgehead atoms. The van der Waals surface area contributed by atoms with E-state index < -0.39 is 0 Å². The molecule has 2 aromatic carbocycles. The smallest absolute Gasteiger partial charge is 0.201 e. The molecule has 3 aromatic rings. The highest BCUT2D eigenvalue weighted by Crippen LogP contribution is 2.23. The van der Waals surface area contributed by atoms with Gasteiger partial charge in [-0.1, -0.05) is 18.2 Å². The number of hydrogen-bond acceptors (Lipinski definition) is 2. The zero-order valence-electron chi connectivity index (χ0n) is 11.5. The van der Waals surface area contributed by atoms with E-state index in [0.717, 1.165) is 11.0 Å². The number of nitrogens with zero attached hydrogens (tertiary/aromatic N) is 2. The zero-order valence-corrected chi connectivity index (χ0v) is 11.5. The van der Waals surface area contributed by atoms with Crippen LogP contribution in [0.3, 0.4) is 0 Å². The van der Waals surface area contributed by atoms with Gasteiger partial charge in [-0.25, -0.2) is 9.37 Å². The van der Waals surface area contributed by atoms with Crippen LogP contribution in [0.2, 0.25) is 0 Å². The molecule has 102 valence electrons. The molecule has 4 heteroatoms. The van der Waals surface area contributed by atoms with Gasteiger partial charge >= 0.3 is 0 Å². The Labute approximate surface area is 116 Å². The summed E-state index contributed by atoms with van der Waals surface area (Å²) in [6.45, 7) is 4.48. The van der Waals surface area contributed by atoms with Crippen LogP contribution in [-0.2, 0) is 6.54 Å². The summed E-state index contributed by atoms with van der Waals surface area (Å²) >= 11 is 0. The second kappa shape index (κ2) is 4.63. The number of anilines is 1. The largest absolute Gasteiger partial charge is 0.369 e. The van der Waals surface area contributed by atoms with E-state index in [9.17, 15) is 4.39 Å². The fraction of sp³-hybridized carbons (Fsp3) is 0.188. The summed E-state index contributed by atoms with van der Waals surface area (Å²) in [6, 6.07) is 10.8. The van der Waals surface area contributed by atoms with Crippen molar-refractivity contribution >= 4 is 17.0 Å². The fourth-order valence-electron chi connectivity index (χ4n) is 2.36. The summed E-state index contributed by atoms with van der Waals surface area (Å²) in [5, 5.41) is 0. The topological polar surface area (TPSA) is 43.8 Å². The third-order valence-electron chi connectivity index (χ3n) is 3.68. The summed E-state index contributed by atoms with van der Waals surface area (Å²) in [5.74, 6) is 0.186. The molecule has 3 rings (SSSR count). The molecular formula is C16H16FN3. The molecule has 0 unspecified atom stereocenters. The Kier molecular flexibility index (Phi) is 2.93. The van der Waals surface area contributed by atoms with Crippen molar-refractivity contribution in [1.82, 2.24) is 9.55 Å². The van der Waals surface area contributed by atoms with Crippen LogP contribution in [0, 0.1) is 19.7 Å². The van der Waals surface area contributed by atoms with Gasteiger partial charge in [0.15, 0.2) is 0 Å². The van der Waals surface area contributed by atoms with E-state index in [2.05, 4.69) is 11.1 Å². The standard InChI is InChI=1S/C16H16FN3/c1-10-7-14-15(8-11(10)2)20(16(18)19-14)9-12-5-3-4-6-13(12)17/h3-8H,9H2,1-2H3,(H2,18,19). The van der Waals surface area contributed by atoms with Crippen LogP contribution < -0.4 is 5.73 Å². The van der Waals surface area contributed by atoms with E-state index in [4.69, 9.17) is 5.73 Å². The predicted molar refractivity (Wildman–Crippen MR) is 79.1 cm³/mol. The van der Waals surface area contributed by atoms with Gasteiger partial charge in [-0.05, 0) is 43.2 Å². The number of fused-ring (bicyclic) bond motifs is 1. The minimum Gasteiger partial charge on any atom is -0.369 e. The third kappa shape index (κ3) is 2.03. The molecule has 1 aromatic heterocycles. The molecule has 2 N–H and O–H groups in total. The first-order valence-electron chi connectivity index (χ1n) is 6.52. The lowest BCUT2D eigenvalue weighted by Gasteiger charge is -2.08. The molecule has 20 heavy (non-hydrogen) atoms. The summed E-state index contributed by atoms with van der Waals surface area (Å²) in [7, 11) is 0. The summed E-state index contributed by atoms with van der Waals surface area (Å²) in [5.41, 5.74) is 10.7. The normalized spacial score (nSPS) is 11.2. The lowest BCUT2D eigenvalue weighted by atomic mass is 10.1. The van der Waals surface area contributed by atoms with E-state index in [1.807, 2.05) is 30.5 Å². The van der Waals surface area contributed by atoms with Crippen molar-refractivity contribution in [2.45, 2.75) is 20.4 Å². The average Bonchev–Trinajstić information content (AvgIpc) is 2.69. The second-order valence-electron chi connectivity index (χ2n) is 5.07. The maximum absolute atomic E-state index is 13.8. The number of imidazole rings is 1. The highest BCUT2D eigenvalue weighted by molar-refractivity contribution is 5.80. The van der Waals surface area contributed by atoms with Crippen molar-refractivity contribution in [3.8, 4) is 0 Å². The molecule has 0 aliphatic rings. The van der Waals surface area contributed by atoms with Gasteiger partial charge in [0.1, 0.15) is 5.82 Å². The van der Waals surface area contributed by atoms with Crippen LogP contribution in [-0.4, -0.2) is 9.55 Å². The SMILES string of the molecule is Cc1cc2nc(N)n(Cc3ccccc3F)c2cc1C. The Balaban J connectivity index is 2.14. The molecule has 0 fully saturated rings. The Bertz CT molecular complexity index is 790. The number of nitrogens with two attached hydrogens (primary N) is 1. The van der Waals surface area contributed by atoms with Crippen LogP contribution in [0.25, 0.3) is 11.0 Å². The summed E-state index contributed by atoms with van der Waals surface area (Å²) in [4.78, 5) is 4.36. The molecule has 0 spiro atoms. The highest BCUT2D eigenvalue weighted by atomic mass is 19.1. The van der Waals surface area contributed by atoms with Gasteiger partial charge in [-0.3, -0.25) is 0 Å². The molecular weight excluding hydrogens is 253 g/mol. The second-order valence-corrected chi connectivity index (χ2v) is 5.07. The number of halogens is 1. The molecule has 1 heterocycles. The minimum atomic E-state index is -0.224. The molecule has 0 saturated heterocycles. The van der Waals surface area contributed by atoms with Crippen LogP contribution in [0.1, 0.15) is 16.7 Å². The lowest BCUT2D eigenvalue weighted by molar-refractivity contribution is 0.602. The molecule has 0 aliphatic carbocycles. The third-order valence-corrected chi connectivity index (χ3v) is 3.68. The lowest BCUT2D eigenvalue weighted by Crippen LogP contribution is -2.06. The maximum atomic E-state index is 13.8. The first-order valence-corrected chi connectivity index (χ1v) is 6.52. The fourth-order valence-corrected chi connectivity index (χ4v) is 2.36. The van der Waals surface area contributed by atoms with Gasteiger partial charge in [0.2, 0.25) is 5.95 Å². The van der Waals surface area contributed by atoms with Gasteiger partial charge in [0, 0.05) is 5.56 Å². The highest BCUT2D eigenvalue weighted by Gasteiger charge is 2.11. The van der Waals surface area contributed by atoms with Gasteiger partial charge < -0.3 is 10.3 Å². The number of aryl methyl sites for hydroxylation is 2. The van der Waals surface area contributed by atoms with Gasteiger partial charge in [-0.2, -0.15) is 0 Å². The predicted octanol–water partition coefficient (Wildman–Crippen LogP) is 3.42. The molecule has 3 nitrogen and oxygen atoms in total. The van der Waals surface area contributed by atoms with Gasteiger partial charge in [0.05, 0.1) is 17.6 Å². The Morgan fingerprint density at radius 2 is 1.85 bits per heavy atom. The first-order chi connectivity index (χ1) is 9.56. The van der Waals surface area contributed by atoms with E-state index in [0.29, 0.717) is 18.1 Å². The quantitative estimate of drug-likeness (QED) is 0.774. The maximum Gasteiger partial charge on any atom is 0.201 e. The van der Waals surface area contributed by atoms with Crippen molar-refractivity contribution in [2.75, 3.05) is 5.73 Å². The Morgan fingerprint density at radius 1 is 1.15 bits per heavy atom. The molecule has 0 amide bonds. The Morgan fingerprint density at radius 3 is 2.60 bits per heavy atom. The van der Waals surface area contributed by atoms with Gasteiger partial charge in [-0.15, -0.1) is 0 Å². The first kappa shape index (κ1) is 12.7. The number of rotatable bonds is 2. The molecule has 0 atom stereocenters. The van der Waals surface area contributed by atoms with E-state index in [1.54, 1.807) is 12.1 Å². The van der Waals surface area contributed by atoms with Crippen LogP contribution in [0.5, 0.6) is 0 Å². The van der Waals surface area contributed by atoms with E-state index >= 15 is 0 Å². The number of nitrogen functional groups attached to an aromatic ring is 1. The summed E-state index contributed by atoms with van der Waals surface area (Å²) in [6.07, 6.45) is 0. The van der Waals surface area contributed by atoms with Crippen LogP contribution in [0.4, 0.5) is 10.3 Å². The van der Waals surface area contributed by atoms with Gasteiger partial charge in [0.25, 0.3) is 0 Å². The molecule has 0 radical (unpaired) electrons. The molecule has 0 aliphatic heterocycles. The van der Waals surface area contributed by atoms with Crippen molar-refractivity contribution in [2.24, 2.45) is 0 Å². The van der Waals surface area contributed by atoms with Crippen molar-refractivity contribution < 1.29 is 4.39 Å². The number of hydrogen-bond donors (Lipinski definition) is 1. The van der Waals surface area contributed by atoms with Crippen LogP contribution in [0.15, 0.2) is 36.4 Å². The van der Waals surface area contributed by atoms with Crippen molar-refractivity contribution in [3.63, 3.8) is 0 Å². The number of aromatic nitrogens is 2.